The summed E-state index contributed by atoms with van der Waals surface area (Å²) in [6, 6.07) is 5.87. The Hall–Kier alpha value is -2.14. The van der Waals surface area contributed by atoms with Crippen LogP contribution in [0.15, 0.2) is 35.0 Å². The maximum Gasteiger partial charge on any atom is 0.257 e. The first kappa shape index (κ1) is 15.7. The van der Waals surface area contributed by atoms with E-state index in [1.165, 1.54) is 5.56 Å². The fourth-order valence-electron chi connectivity index (χ4n) is 3.42. The van der Waals surface area contributed by atoms with E-state index >= 15 is 0 Å². The summed E-state index contributed by atoms with van der Waals surface area (Å²) in [5.74, 6) is 2.05. The molecule has 0 saturated carbocycles. The van der Waals surface area contributed by atoms with Crippen molar-refractivity contribution in [3.63, 3.8) is 0 Å². The van der Waals surface area contributed by atoms with E-state index in [4.69, 9.17) is 9.15 Å². The van der Waals surface area contributed by atoms with Crippen molar-refractivity contribution < 1.29 is 13.9 Å². The van der Waals surface area contributed by atoms with Gasteiger partial charge in [-0.05, 0) is 37.6 Å². The number of furan rings is 1. The highest BCUT2D eigenvalue weighted by molar-refractivity contribution is 5.95. The largest absolute Gasteiger partial charge is 0.466 e. The molecule has 23 heavy (non-hydrogen) atoms. The van der Waals surface area contributed by atoms with E-state index in [0.717, 1.165) is 5.76 Å². The molecule has 3 heterocycles. The molecule has 2 atom stereocenters. The van der Waals surface area contributed by atoms with Crippen LogP contribution in [0, 0.1) is 19.8 Å². The highest BCUT2D eigenvalue weighted by Crippen LogP contribution is 2.34. The fourth-order valence-corrected chi connectivity index (χ4v) is 3.42. The third-order valence-electron chi connectivity index (χ3n) is 4.51. The number of ether oxygens (including phenoxy) is 1. The zero-order chi connectivity index (χ0) is 16.4. The molecule has 2 aromatic rings. The molecule has 0 spiro atoms. The number of likely N-dealkylation sites (tertiary alicyclic amines) is 1. The average molecular weight is 314 g/mol. The van der Waals surface area contributed by atoms with E-state index in [2.05, 4.69) is 4.98 Å². The molecule has 0 aliphatic carbocycles. The topological polar surface area (TPSA) is 55.6 Å². The number of hydrogen-bond donors (Lipinski definition) is 0. The van der Waals surface area contributed by atoms with Crippen LogP contribution in [0.2, 0.25) is 0 Å². The molecule has 0 N–H and O–H groups in total. The third kappa shape index (κ3) is 3.15. The van der Waals surface area contributed by atoms with Crippen LogP contribution in [-0.2, 0) is 4.74 Å². The summed E-state index contributed by atoms with van der Waals surface area (Å²) in [6.45, 7) is 5.73. The molecule has 2 aromatic heterocycles. The average Bonchev–Trinajstić information content (AvgIpc) is 3.11. The lowest BCUT2D eigenvalue weighted by Gasteiger charge is -2.17. The second kappa shape index (κ2) is 6.54. The van der Waals surface area contributed by atoms with Crippen LogP contribution in [0.1, 0.15) is 33.4 Å². The first-order valence-corrected chi connectivity index (χ1v) is 7.85. The van der Waals surface area contributed by atoms with Gasteiger partial charge in [0.25, 0.3) is 5.91 Å². The van der Waals surface area contributed by atoms with E-state index < -0.39 is 0 Å². The van der Waals surface area contributed by atoms with E-state index in [-0.39, 0.29) is 11.8 Å². The lowest BCUT2D eigenvalue weighted by atomic mass is 9.90. The summed E-state index contributed by atoms with van der Waals surface area (Å²) in [5, 5.41) is 0. The summed E-state index contributed by atoms with van der Waals surface area (Å²) >= 11 is 0. The Labute approximate surface area is 136 Å². The predicted octanol–water partition coefficient (Wildman–Crippen LogP) is 2.79. The molecular weight excluding hydrogens is 292 g/mol. The van der Waals surface area contributed by atoms with Gasteiger partial charge in [0.1, 0.15) is 11.5 Å². The quantitative estimate of drug-likeness (QED) is 0.871. The summed E-state index contributed by atoms with van der Waals surface area (Å²) in [4.78, 5) is 18.8. The van der Waals surface area contributed by atoms with Gasteiger partial charge >= 0.3 is 0 Å². The van der Waals surface area contributed by atoms with Crippen LogP contribution in [0.4, 0.5) is 0 Å². The molecule has 1 amide bonds. The molecule has 5 nitrogen and oxygen atoms in total. The Morgan fingerprint density at radius 1 is 1.35 bits per heavy atom. The van der Waals surface area contributed by atoms with Crippen LogP contribution >= 0.6 is 0 Å². The van der Waals surface area contributed by atoms with Gasteiger partial charge in [0.15, 0.2) is 0 Å². The number of methoxy groups -OCH3 is 1. The Bertz CT molecular complexity index is 681. The number of nitrogens with zero attached hydrogens (tertiary/aromatic N) is 2. The van der Waals surface area contributed by atoms with Crippen LogP contribution in [0.3, 0.4) is 0 Å². The Kier molecular flexibility index (Phi) is 4.48. The fraction of sp³-hybridized carbons (Fsp3) is 0.444. The van der Waals surface area contributed by atoms with Crippen molar-refractivity contribution in [2.24, 2.45) is 5.92 Å². The second-order valence-electron chi connectivity index (χ2n) is 6.14. The van der Waals surface area contributed by atoms with E-state index in [9.17, 15) is 4.79 Å². The summed E-state index contributed by atoms with van der Waals surface area (Å²) in [7, 11) is 1.71. The maximum absolute atomic E-state index is 12.8. The number of aryl methyl sites for hydroxylation is 2. The van der Waals surface area contributed by atoms with Gasteiger partial charge in [-0.3, -0.25) is 9.78 Å². The minimum atomic E-state index is 0.0389. The van der Waals surface area contributed by atoms with Gasteiger partial charge < -0.3 is 14.1 Å². The van der Waals surface area contributed by atoms with Crippen molar-refractivity contribution in [3.05, 3.63) is 53.2 Å². The first-order chi connectivity index (χ1) is 11.1. The number of rotatable bonds is 4. The molecule has 122 valence electrons. The van der Waals surface area contributed by atoms with Gasteiger partial charge in [-0.1, -0.05) is 0 Å². The molecule has 1 aliphatic rings. The number of amides is 1. The van der Waals surface area contributed by atoms with Gasteiger partial charge in [-0.15, -0.1) is 0 Å². The smallest absolute Gasteiger partial charge is 0.257 e. The number of pyridine rings is 1. The standard InChI is InChI=1S/C18H22N2O3/c1-12-8-16(13(2)23-12)18(21)20-9-15(11-22-3)17(10-20)14-4-6-19-7-5-14/h4-8,15,17H,9-11H2,1-3H3/t15-,17-/m0/s1. The van der Waals surface area contributed by atoms with Gasteiger partial charge in [0, 0.05) is 44.4 Å². The van der Waals surface area contributed by atoms with E-state index in [1.807, 2.05) is 36.9 Å². The number of carbonyl (C=O) groups excluding carboxylic acids is 1. The molecule has 5 heteroatoms. The second-order valence-corrected chi connectivity index (χ2v) is 6.14. The molecule has 0 radical (unpaired) electrons. The zero-order valence-corrected chi connectivity index (χ0v) is 13.8. The Morgan fingerprint density at radius 2 is 2.09 bits per heavy atom. The van der Waals surface area contributed by atoms with Crippen LogP contribution in [0.5, 0.6) is 0 Å². The van der Waals surface area contributed by atoms with Gasteiger partial charge in [0.2, 0.25) is 0 Å². The highest BCUT2D eigenvalue weighted by Gasteiger charge is 2.37. The van der Waals surface area contributed by atoms with Crippen molar-refractivity contribution in [2.45, 2.75) is 19.8 Å². The molecule has 1 fully saturated rings. The zero-order valence-electron chi connectivity index (χ0n) is 13.8. The summed E-state index contributed by atoms with van der Waals surface area (Å²) < 4.78 is 10.9. The SMILES string of the molecule is COC[C@@H]1CN(C(=O)c2cc(C)oc2C)C[C@H]1c1ccncc1. The maximum atomic E-state index is 12.8. The molecular formula is C18H22N2O3. The predicted molar refractivity (Wildman–Crippen MR) is 86.4 cm³/mol. The molecule has 0 bridgehead atoms. The number of aromatic nitrogens is 1. The van der Waals surface area contributed by atoms with E-state index in [0.29, 0.717) is 36.9 Å². The molecule has 1 aliphatic heterocycles. The first-order valence-electron chi connectivity index (χ1n) is 7.85. The van der Waals surface area contributed by atoms with E-state index in [1.54, 1.807) is 19.5 Å². The normalized spacial score (nSPS) is 20.9. The van der Waals surface area contributed by atoms with Gasteiger partial charge in [0.05, 0.1) is 12.2 Å². The summed E-state index contributed by atoms with van der Waals surface area (Å²) in [6.07, 6.45) is 3.60. The molecule has 3 rings (SSSR count). The number of carbonyl (C=O) groups is 1. The van der Waals surface area contributed by atoms with Crippen molar-refractivity contribution in [3.8, 4) is 0 Å². The van der Waals surface area contributed by atoms with Crippen molar-refractivity contribution in [1.82, 2.24) is 9.88 Å². The van der Waals surface area contributed by atoms with Crippen LogP contribution < -0.4 is 0 Å². The lowest BCUT2D eigenvalue weighted by molar-refractivity contribution is 0.0773. The molecule has 0 aromatic carbocycles. The minimum Gasteiger partial charge on any atom is -0.466 e. The van der Waals surface area contributed by atoms with Gasteiger partial charge in [-0.25, -0.2) is 0 Å². The van der Waals surface area contributed by atoms with Crippen molar-refractivity contribution >= 4 is 5.91 Å². The Morgan fingerprint density at radius 3 is 2.70 bits per heavy atom. The number of hydrogen-bond acceptors (Lipinski definition) is 4. The van der Waals surface area contributed by atoms with Crippen molar-refractivity contribution in [2.75, 3.05) is 26.8 Å². The monoisotopic (exact) mass is 314 g/mol. The van der Waals surface area contributed by atoms with Crippen molar-refractivity contribution in [1.29, 1.82) is 0 Å². The van der Waals surface area contributed by atoms with Gasteiger partial charge in [-0.2, -0.15) is 0 Å². The van der Waals surface area contributed by atoms with Crippen LogP contribution in [0.25, 0.3) is 0 Å². The third-order valence-corrected chi connectivity index (χ3v) is 4.51. The summed E-state index contributed by atoms with van der Waals surface area (Å²) in [5.41, 5.74) is 1.87. The van der Waals surface area contributed by atoms with Crippen LogP contribution in [-0.4, -0.2) is 42.6 Å². The minimum absolute atomic E-state index is 0.0389. The molecule has 0 unspecified atom stereocenters. The highest BCUT2D eigenvalue weighted by atomic mass is 16.5. The lowest BCUT2D eigenvalue weighted by Crippen LogP contribution is -2.29. The Balaban J connectivity index is 1.82. The molecule has 1 saturated heterocycles.